The average molecular weight is 313 g/mol. The Kier molecular flexibility index (Phi) is 4.88. The minimum Gasteiger partial charge on any atom is -0.396 e. The molecule has 122 valence electrons. The summed E-state index contributed by atoms with van der Waals surface area (Å²) in [4.78, 5) is 9.47. The Morgan fingerprint density at radius 1 is 1.17 bits per heavy atom. The fourth-order valence-corrected chi connectivity index (χ4v) is 2.96. The van der Waals surface area contributed by atoms with Crippen LogP contribution in [0.25, 0.3) is 21.9 Å². The molecule has 2 heterocycles. The smallest absolute Gasteiger partial charge is 0.136 e. The van der Waals surface area contributed by atoms with E-state index in [4.69, 9.17) is 14.8 Å². The van der Waals surface area contributed by atoms with E-state index >= 15 is 0 Å². The normalized spacial score (nSPS) is 11.6. The van der Waals surface area contributed by atoms with E-state index in [1.165, 1.54) is 0 Å². The van der Waals surface area contributed by atoms with Crippen molar-refractivity contribution in [2.45, 2.75) is 39.8 Å². The third-order valence-corrected chi connectivity index (χ3v) is 4.06. The highest BCUT2D eigenvalue weighted by molar-refractivity contribution is 6.03. The number of aliphatic hydroxyl groups excluding tert-OH is 1. The zero-order valence-electron chi connectivity index (χ0n) is 13.7. The minimum atomic E-state index is 0.217. The largest absolute Gasteiger partial charge is 0.396 e. The second-order valence-corrected chi connectivity index (χ2v) is 5.66. The van der Waals surface area contributed by atoms with Gasteiger partial charge in [0.05, 0.1) is 16.7 Å². The van der Waals surface area contributed by atoms with Gasteiger partial charge in [0.25, 0.3) is 0 Å². The van der Waals surface area contributed by atoms with Gasteiger partial charge in [-0.1, -0.05) is 18.2 Å². The summed E-state index contributed by atoms with van der Waals surface area (Å²) in [6, 6.07) is 8.17. The molecular weight excluding hydrogens is 290 g/mol. The number of ether oxygens (including phenoxy) is 1. The summed E-state index contributed by atoms with van der Waals surface area (Å²) >= 11 is 0. The van der Waals surface area contributed by atoms with Crippen molar-refractivity contribution in [3.05, 3.63) is 35.8 Å². The van der Waals surface area contributed by atoms with Crippen molar-refractivity contribution >= 4 is 21.9 Å². The van der Waals surface area contributed by atoms with Crippen LogP contribution in [-0.2, 0) is 17.9 Å². The van der Waals surface area contributed by atoms with Gasteiger partial charge in [0.2, 0.25) is 0 Å². The Morgan fingerprint density at radius 3 is 2.78 bits per heavy atom. The van der Waals surface area contributed by atoms with Gasteiger partial charge >= 0.3 is 0 Å². The van der Waals surface area contributed by atoms with Crippen molar-refractivity contribution in [1.82, 2.24) is 14.5 Å². The van der Waals surface area contributed by atoms with Gasteiger partial charge in [-0.15, -0.1) is 0 Å². The molecule has 23 heavy (non-hydrogen) atoms. The molecule has 3 rings (SSSR count). The molecular formula is C18H23N3O2. The molecule has 0 fully saturated rings. The Labute approximate surface area is 135 Å². The van der Waals surface area contributed by atoms with Crippen molar-refractivity contribution in [2.24, 2.45) is 0 Å². The van der Waals surface area contributed by atoms with Gasteiger partial charge in [-0.3, -0.25) is 4.98 Å². The molecule has 1 N–H and O–H groups in total. The lowest BCUT2D eigenvalue weighted by Crippen LogP contribution is -2.07. The van der Waals surface area contributed by atoms with E-state index in [2.05, 4.69) is 15.6 Å². The van der Waals surface area contributed by atoms with Crippen LogP contribution in [0.2, 0.25) is 0 Å². The monoisotopic (exact) mass is 313 g/mol. The lowest BCUT2D eigenvalue weighted by atomic mass is 10.1. The number of para-hydroxylation sites is 1. The number of hydrogen-bond donors (Lipinski definition) is 1. The lowest BCUT2D eigenvalue weighted by molar-refractivity contribution is 0.125. The summed E-state index contributed by atoms with van der Waals surface area (Å²) < 4.78 is 7.83. The maximum Gasteiger partial charge on any atom is 0.136 e. The Bertz CT molecular complexity index is 811. The van der Waals surface area contributed by atoms with Gasteiger partial charge in [-0.25, -0.2) is 4.98 Å². The number of aryl methyl sites for hydroxylation is 2. The number of fused-ring (bicyclic) bond motifs is 3. The third-order valence-electron chi connectivity index (χ3n) is 4.06. The molecule has 1 aromatic carbocycles. The van der Waals surface area contributed by atoms with Crippen molar-refractivity contribution in [2.75, 3.05) is 13.2 Å². The summed E-state index contributed by atoms with van der Waals surface area (Å²) in [5, 5.41) is 10.2. The topological polar surface area (TPSA) is 60.2 Å². The summed E-state index contributed by atoms with van der Waals surface area (Å²) in [6.45, 7) is 6.20. The van der Waals surface area contributed by atoms with Crippen molar-refractivity contribution in [3.63, 3.8) is 0 Å². The summed E-state index contributed by atoms with van der Waals surface area (Å²) in [6.07, 6.45) is 1.70. The number of aliphatic hydroxyl groups is 1. The number of hydrogen-bond acceptors (Lipinski definition) is 4. The van der Waals surface area contributed by atoms with Gasteiger partial charge in [0.15, 0.2) is 0 Å². The van der Waals surface area contributed by atoms with Crippen molar-refractivity contribution in [1.29, 1.82) is 0 Å². The quantitative estimate of drug-likeness (QED) is 0.680. The SMILES string of the molecule is CCOCc1nc2c(C)nc3ccccc3c2n1CCCCO. The van der Waals surface area contributed by atoms with Crippen LogP contribution >= 0.6 is 0 Å². The molecule has 0 atom stereocenters. The number of benzene rings is 1. The van der Waals surface area contributed by atoms with E-state index in [1.54, 1.807) is 0 Å². The second-order valence-electron chi connectivity index (χ2n) is 5.66. The number of nitrogens with zero attached hydrogens (tertiary/aromatic N) is 3. The van der Waals surface area contributed by atoms with Gasteiger partial charge in [0, 0.05) is 25.1 Å². The van der Waals surface area contributed by atoms with E-state index in [0.717, 1.165) is 52.8 Å². The highest BCUT2D eigenvalue weighted by Crippen LogP contribution is 2.27. The van der Waals surface area contributed by atoms with E-state index in [0.29, 0.717) is 13.2 Å². The van der Waals surface area contributed by atoms with Crippen LogP contribution in [0.3, 0.4) is 0 Å². The zero-order chi connectivity index (χ0) is 16.2. The van der Waals surface area contributed by atoms with E-state index in [9.17, 15) is 0 Å². The maximum atomic E-state index is 9.08. The molecule has 0 bridgehead atoms. The fraction of sp³-hybridized carbons (Fsp3) is 0.444. The molecule has 0 unspecified atom stereocenters. The summed E-state index contributed by atoms with van der Waals surface area (Å²) in [5.74, 6) is 0.932. The number of pyridine rings is 1. The first-order valence-corrected chi connectivity index (χ1v) is 8.19. The number of unbranched alkanes of at least 4 members (excludes halogenated alkanes) is 1. The standard InChI is InChI=1S/C18H23N3O2/c1-3-23-12-16-20-17-13(2)19-15-9-5-4-8-14(15)18(17)21(16)10-6-7-11-22/h4-5,8-9,22H,3,6-7,10-12H2,1-2H3. The van der Waals surface area contributed by atoms with Crippen LogP contribution in [-0.4, -0.2) is 32.9 Å². The van der Waals surface area contributed by atoms with Crippen LogP contribution in [0, 0.1) is 6.92 Å². The Hall–Kier alpha value is -1.98. The molecule has 0 radical (unpaired) electrons. The molecule has 0 spiro atoms. The van der Waals surface area contributed by atoms with Crippen LogP contribution in [0.5, 0.6) is 0 Å². The van der Waals surface area contributed by atoms with Crippen molar-refractivity contribution in [3.8, 4) is 0 Å². The molecule has 0 saturated carbocycles. The lowest BCUT2D eigenvalue weighted by Gasteiger charge is -2.10. The molecule has 0 amide bonds. The molecule has 3 aromatic rings. The van der Waals surface area contributed by atoms with Crippen LogP contribution in [0.1, 0.15) is 31.3 Å². The molecule has 2 aromatic heterocycles. The van der Waals surface area contributed by atoms with Crippen LogP contribution < -0.4 is 0 Å². The predicted octanol–water partition coefficient (Wildman–Crippen LogP) is 3.20. The second kappa shape index (κ2) is 7.06. The number of aromatic nitrogens is 3. The van der Waals surface area contributed by atoms with E-state index < -0.39 is 0 Å². The summed E-state index contributed by atoms with van der Waals surface area (Å²) in [7, 11) is 0. The first kappa shape index (κ1) is 15.9. The maximum absolute atomic E-state index is 9.08. The van der Waals surface area contributed by atoms with E-state index in [1.807, 2.05) is 32.0 Å². The first-order valence-electron chi connectivity index (χ1n) is 8.19. The molecule has 0 aliphatic heterocycles. The average Bonchev–Trinajstić information content (AvgIpc) is 2.93. The Morgan fingerprint density at radius 2 is 2.00 bits per heavy atom. The van der Waals surface area contributed by atoms with E-state index in [-0.39, 0.29) is 6.61 Å². The fourth-order valence-electron chi connectivity index (χ4n) is 2.96. The third kappa shape index (κ3) is 3.07. The molecule has 5 heteroatoms. The Balaban J connectivity index is 2.19. The number of rotatable bonds is 7. The highest BCUT2D eigenvalue weighted by Gasteiger charge is 2.16. The van der Waals surface area contributed by atoms with Gasteiger partial charge in [-0.2, -0.15) is 0 Å². The zero-order valence-corrected chi connectivity index (χ0v) is 13.7. The molecule has 0 aliphatic rings. The van der Waals surface area contributed by atoms with Crippen molar-refractivity contribution < 1.29 is 9.84 Å². The summed E-state index contributed by atoms with van der Waals surface area (Å²) in [5.41, 5.74) is 4.00. The minimum absolute atomic E-state index is 0.217. The predicted molar refractivity (Wildman–Crippen MR) is 91.4 cm³/mol. The van der Waals surface area contributed by atoms with Crippen LogP contribution in [0.15, 0.2) is 24.3 Å². The highest BCUT2D eigenvalue weighted by atomic mass is 16.5. The molecule has 5 nitrogen and oxygen atoms in total. The number of imidazole rings is 1. The van der Waals surface area contributed by atoms with Crippen LogP contribution in [0.4, 0.5) is 0 Å². The van der Waals surface area contributed by atoms with Gasteiger partial charge < -0.3 is 14.4 Å². The molecule has 0 saturated heterocycles. The molecule has 0 aliphatic carbocycles. The van der Waals surface area contributed by atoms with Gasteiger partial charge in [0.1, 0.15) is 17.9 Å². The van der Waals surface area contributed by atoms with Gasteiger partial charge in [-0.05, 0) is 32.8 Å². The first-order chi connectivity index (χ1) is 11.3.